The molecule has 120 valence electrons. The Morgan fingerprint density at radius 3 is 2.75 bits per heavy atom. The van der Waals surface area contributed by atoms with E-state index < -0.39 is 12.1 Å². The molecular formula is C18H13ClN2O3. The van der Waals surface area contributed by atoms with Gasteiger partial charge in [-0.25, -0.2) is 14.8 Å². The van der Waals surface area contributed by atoms with Crippen LogP contribution in [0.2, 0.25) is 5.28 Å². The second-order valence-electron chi connectivity index (χ2n) is 5.60. The van der Waals surface area contributed by atoms with Gasteiger partial charge in [0.15, 0.2) is 5.76 Å². The lowest BCUT2D eigenvalue weighted by Gasteiger charge is -2.12. The number of aromatic nitrogens is 2. The number of furan rings is 1. The zero-order valence-corrected chi connectivity index (χ0v) is 13.6. The maximum atomic E-state index is 12.4. The Morgan fingerprint density at radius 1 is 1.17 bits per heavy atom. The van der Waals surface area contributed by atoms with Crippen LogP contribution in [0.4, 0.5) is 0 Å². The molecule has 0 saturated heterocycles. The highest BCUT2D eigenvalue weighted by Crippen LogP contribution is 2.38. The van der Waals surface area contributed by atoms with E-state index in [0.29, 0.717) is 29.1 Å². The molecule has 1 atom stereocenters. The van der Waals surface area contributed by atoms with Crippen LogP contribution in [0.25, 0.3) is 11.5 Å². The summed E-state index contributed by atoms with van der Waals surface area (Å²) in [5.41, 5.74) is 3.43. The molecule has 0 amide bonds. The molecule has 1 aliphatic heterocycles. The molecule has 2 aromatic heterocycles. The van der Waals surface area contributed by atoms with Crippen LogP contribution in [-0.4, -0.2) is 15.9 Å². The Labute approximate surface area is 143 Å². The molecule has 3 heterocycles. The molecular weight excluding hydrogens is 328 g/mol. The van der Waals surface area contributed by atoms with Gasteiger partial charge in [0.05, 0.1) is 6.26 Å². The fourth-order valence-corrected chi connectivity index (χ4v) is 3.07. The van der Waals surface area contributed by atoms with Crippen molar-refractivity contribution in [3.05, 3.63) is 70.3 Å². The summed E-state index contributed by atoms with van der Waals surface area (Å²) in [6, 6.07) is 11.4. The molecule has 0 bridgehead atoms. The van der Waals surface area contributed by atoms with Crippen molar-refractivity contribution in [3.8, 4) is 11.5 Å². The summed E-state index contributed by atoms with van der Waals surface area (Å²) in [6.45, 7) is 2.02. The number of halogens is 1. The minimum atomic E-state index is -0.484. The number of aryl methyl sites for hydroxylation is 1. The topological polar surface area (TPSA) is 65.2 Å². The third-order valence-corrected chi connectivity index (χ3v) is 4.26. The van der Waals surface area contributed by atoms with E-state index in [4.69, 9.17) is 20.8 Å². The third kappa shape index (κ3) is 2.47. The molecule has 1 aromatic carbocycles. The molecule has 1 unspecified atom stereocenters. The summed E-state index contributed by atoms with van der Waals surface area (Å²) in [5.74, 6) is 0.00990. The first-order valence-electron chi connectivity index (χ1n) is 7.50. The van der Waals surface area contributed by atoms with Crippen molar-refractivity contribution < 1.29 is 13.9 Å². The highest BCUT2D eigenvalue weighted by Gasteiger charge is 2.37. The maximum Gasteiger partial charge on any atom is 0.343 e. The lowest BCUT2D eigenvalue weighted by Crippen LogP contribution is -2.05. The van der Waals surface area contributed by atoms with E-state index in [9.17, 15) is 4.79 Å². The Morgan fingerprint density at radius 2 is 2.00 bits per heavy atom. The second kappa shape index (κ2) is 5.76. The van der Waals surface area contributed by atoms with E-state index in [0.717, 1.165) is 11.1 Å². The highest BCUT2D eigenvalue weighted by molar-refractivity contribution is 6.28. The van der Waals surface area contributed by atoms with Gasteiger partial charge in [0.2, 0.25) is 5.28 Å². The second-order valence-corrected chi connectivity index (χ2v) is 5.94. The highest BCUT2D eigenvalue weighted by atomic mass is 35.5. The van der Waals surface area contributed by atoms with Crippen molar-refractivity contribution in [1.82, 2.24) is 9.97 Å². The van der Waals surface area contributed by atoms with E-state index in [1.54, 1.807) is 12.1 Å². The van der Waals surface area contributed by atoms with Crippen molar-refractivity contribution in [3.63, 3.8) is 0 Å². The number of esters is 1. The predicted octanol–water partition coefficient (Wildman–Crippen LogP) is 4.15. The van der Waals surface area contributed by atoms with Crippen molar-refractivity contribution in [2.24, 2.45) is 0 Å². The molecule has 0 saturated carbocycles. The van der Waals surface area contributed by atoms with Gasteiger partial charge < -0.3 is 9.15 Å². The number of carbonyl (C=O) groups is 1. The van der Waals surface area contributed by atoms with E-state index in [-0.39, 0.29) is 5.28 Å². The molecule has 0 spiro atoms. The molecule has 5 nitrogen and oxygen atoms in total. The van der Waals surface area contributed by atoms with Crippen molar-refractivity contribution in [2.75, 3.05) is 0 Å². The van der Waals surface area contributed by atoms with Gasteiger partial charge in [-0.1, -0.05) is 24.3 Å². The first-order chi connectivity index (χ1) is 11.6. The quantitative estimate of drug-likeness (QED) is 0.529. The molecule has 1 aliphatic rings. The standard InChI is InChI=1S/C18H13ClN2O3/c1-10-5-2-3-6-11(10)9-13-16-14(17(22)24-13)15(20-18(19)21-16)12-7-4-8-23-12/h2-8,13H,9H2,1H3. The van der Waals surface area contributed by atoms with Crippen molar-refractivity contribution in [1.29, 1.82) is 0 Å². The number of cyclic esters (lactones) is 1. The molecule has 0 aliphatic carbocycles. The maximum absolute atomic E-state index is 12.4. The van der Waals surface area contributed by atoms with Crippen LogP contribution < -0.4 is 0 Å². The van der Waals surface area contributed by atoms with Gasteiger partial charge in [-0.15, -0.1) is 0 Å². The molecule has 0 fully saturated rings. The normalized spacial score (nSPS) is 16.1. The van der Waals surface area contributed by atoms with Gasteiger partial charge in [-0.2, -0.15) is 0 Å². The minimum absolute atomic E-state index is 0.0632. The lowest BCUT2D eigenvalue weighted by molar-refractivity contribution is 0.0382. The summed E-state index contributed by atoms with van der Waals surface area (Å²) in [5, 5.41) is 0.0632. The number of rotatable bonds is 3. The van der Waals surface area contributed by atoms with Crippen LogP contribution in [0.5, 0.6) is 0 Å². The number of hydrogen-bond acceptors (Lipinski definition) is 5. The number of benzene rings is 1. The number of hydrogen-bond donors (Lipinski definition) is 0. The Bertz CT molecular complexity index is 922. The number of nitrogens with zero attached hydrogens (tertiary/aromatic N) is 2. The van der Waals surface area contributed by atoms with Gasteiger partial charge in [0.25, 0.3) is 0 Å². The molecule has 0 radical (unpaired) electrons. The predicted molar refractivity (Wildman–Crippen MR) is 87.8 cm³/mol. The van der Waals surface area contributed by atoms with E-state index in [1.165, 1.54) is 6.26 Å². The number of carbonyl (C=O) groups excluding carboxylic acids is 1. The van der Waals surface area contributed by atoms with Gasteiger partial charge >= 0.3 is 5.97 Å². The Kier molecular flexibility index (Phi) is 3.58. The average molecular weight is 341 g/mol. The summed E-state index contributed by atoms with van der Waals surface area (Å²) >= 11 is 6.06. The molecule has 4 rings (SSSR count). The Balaban J connectivity index is 1.79. The monoisotopic (exact) mass is 340 g/mol. The number of ether oxygens (including phenoxy) is 1. The van der Waals surface area contributed by atoms with Crippen molar-refractivity contribution >= 4 is 17.6 Å². The zero-order valence-electron chi connectivity index (χ0n) is 12.8. The van der Waals surface area contributed by atoms with Crippen LogP contribution in [0, 0.1) is 6.92 Å². The summed E-state index contributed by atoms with van der Waals surface area (Å²) in [7, 11) is 0. The van der Waals surface area contributed by atoms with E-state index in [2.05, 4.69) is 9.97 Å². The van der Waals surface area contributed by atoms with Crippen LogP contribution >= 0.6 is 11.6 Å². The van der Waals surface area contributed by atoms with E-state index >= 15 is 0 Å². The van der Waals surface area contributed by atoms with Crippen LogP contribution in [0.1, 0.15) is 33.3 Å². The first kappa shape index (κ1) is 14.9. The molecule has 0 N–H and O–H groups in total. The SMILES string of the molecule is Cc1ccccc1CC1OC(=O)c2c(-c3ccco3)nc(Cl)nc21. The fraction of sp³-hybridized carbons (Fsp3) is 0.167. The van der Waals surface area contributed by atoms with Crippen molar-refractivity contribution in [2.45, 2.75) is 19.4 Å². The van der Waals surface area contributed by atoms with Gasteiger partial charge in [-0.3, -0.25) is 0 Å². The Hall–Kier alpha value is -2.66. The van der Waals surface area contributed by atoms with Gasteiger partial charge in [0.1, 0.15) is 23.1 Å². The third-order valence-electron chi connectivity index (χ3n) is 4.09. The van der Waals surface area contributed by atoms with E-state index in [1.807, 2.05) is 31.2 Å². The van der Waals surface area contributed by atoms with Gasteiger partial charge in [0, 0.05) is 6.42 Å². The minimum Gasteiger partial charge on any atom is -0.463 e. The zero-order chi connectivity index (χ0) is 16.7. The summed E-state index contributed by atoms with van der Waals surface area (Å²) < 4.78 is 10.9. The first-order valence-corrected chi connectivity index (χ1v) is 7.88. The van der Waals surface area contributed by atoms with Crippen LogP contribution in [0.3, 0.4) is 0 Å². The molecule has 6 heteroatoms. The largest absolute Gasteiger partial charge is 0.463 e. The summed E-state index contributed by atoms with van der Waals surface area (Å²) in [4.78, 5) is 20.8. The van der Waals surface area contributed by atoms with Gasteiger partial charge in [-0.05, 0) is 41.8 Å². The smallest absolute Gasteiger partial charge is 0.343 e. The van der Waals surface area contributed by atoms with Crippen LogP contribution in [-0.2, 0) is 11.2 Å². The fourth-order valence-electron chi connectivity index (χ4n) is 2.90. The molecule has 3 aromatic rings. The summed E-state index contributed by atoms with van der Waals surface area (Å²) in [6.07, 6.45) is 1.57. The average Bonchev–Trinajstić information content (AvgIpc) is 3.18. The number of fused-ring (bicyclic) bond motifs is 1. The van der Waals surface area contributed by atoms with Crippen LogP contribution in [0.15, 0.2) is 47.1 Å². The molecule has 24 heavy (non-hydrogen) atoms. The lowest BCUT2D eigenvalue weighted by atomic mass is 9.99.